The maximum atomic E-state index is 13.0. The van der Waals surface area contributed by atoms with Crippen molar-refractivity contribution in [1.29, 1.82) is 0 Å². The summed E-state index contributed by atoms with van der Waals surface area (Å²) in [6.07, 6.45) is 2.08. The third-order valence-electron chi connectivity index (χ3n) is 3.76. The maximum Gasteiger partial charge on any atom is 0.275 e. The van der Waals surface area contributed by atoms with E-state index in [1.165, 1.54) is 12.1 Å². The van der Waals surface area contributed by atoms with Crippen LogP contribution in [-0.2, 0) is 11.2 Å². The lowest BCUT2D eigenvalue weighted by molar-refractivity contribution is -0.115. The lowest BCUT2D eigenvalue weighted by atomic mass is 10.1. The van der Waals surface area contributed by atoms with Crippen molar-refractivity contribution >= 4 is 17.8 Å². The van der Waals surface area contributed by atoms with E-state index in [1.54, 1.807) is 50.6 Å². The van der Waals surface area contributed by atoms with Crippen molar-refractivity contribution in [2.24, 2.45) is 4.99 Å². The number of carbonyl (C=O) groups is 1. The first-order chi connectivity index (χ1) is 12.1. The molecule has 0 aromatic heterocycles. The minimum atomic E-state index is -0.298. The van der Waals surface area contributed by atoms with Crippen LogP contribution >= 0.6 is 0 Å². The Morgan fingerprint density at radius 3 is 2.56 bits per heavy atom. The molecule has 1 aliphatic heterocycles. The zero-order chi connectivity index (χ0) is 17.8. The second-order valence-electron chi connectivity index (χ2n) is 5.45. The molecular weight excluding hydrogens is 323 g/mol. The van der Waals surface area contributed by atoms with E-state index < -0.39 is 0 Å². The minimum absolute atomic E-state index is 0.282. The highest BCUT2D eigenvalue weighted by molar-refractivity contribution is 6.14. The van der Waals surface area contributed by atoms with E-state index in [9.17, 15) is 9.18 Å². The van der Waals surface area contributed by atoms with E-state index in [2.05, 4.69) is 10.3 Å². The number of benzene rings is 2. The van der Waals surface area contributed by atoms with E-state index >= 15 is 0 Å². The molecule has 5 nitrogen and oxygen atoms in total. The summed E-state index contributed by atoms with van der Waals surface area (Å²) < 4.78 is 23.4. The van der Waals surface area contributed by atoms with Gasteiger partial charge in [-0.1, -0.05) is 12.1 Å². The van der Waals surface area contributed by atoms with Gasteiger partial charge in [0.05, 0.1) is 14.2 Å². The molecule has 0 bridgehead atoms. The number of hydrogen-bond donors (Lipinski definition) is 1. The van der Waals surface area contributed by atoms with E-state index in [0.29, 0.717) is 29.5 Å². The molecule has 1 heterocycles. The Balaban J connectivity index is 1.84. The van der Waals surface area contributed by atoms with Gasteiger partial charge in [0, 0.05) is 18.1 Å². The van der Waals surface area contributed by atoms with Crippen LogP contribution in [-0.4, -0.2) is 26.0 Å². The van der Waals surface area contributed by atoms with Gasteiger partial charge < -0.3 is 14.8 Å². The van der Waals surface area contributed by atoms with Crippen LogP contribution < -0.4 is 14.8 Å². The molecule has 0 aliphatic carbocycles. The summed E-state index contributed by atoms with van der Waals surface area (Å²) in [4.78, 5) is 16.5. The zero-order valence-corrected chi connectivity index (χ0v) is 13.9. The van der Waals surface area contributed by atoms with Gasteiger partial charge >= 0.3 is 0 Å². The molecule has 1 N–H and O–H groups in total. The third-order valence-corrected chi connectivity index (χ3v) is 3.76. The molecule has 128 valence electrons. The lowest BCUT2D eigenvalue weighted by Gasteiger charge is -2.07. The number of methoxy groups -OCH3 is 2. The molecule has 0 spiro atoms. The molecule has 25 heavy (non-hydrogen) atoms. The van der Waals surface area contributed by atoms with Gasteiger partial charge in [0.2, 0.25) is 0 Å². The summed E-state index contributed by atoms with van der Waals surface area (Å²) in [6.45, 7) is 0. The van der Waals surface area contributed by atoms with Gasteiger partial charge in [-0.3, -0.25) is 4.79 Å². The number of halogens is 1. The number of rotatable bonds is 5. The Hall–Kier alpha value is -3.15. The van der Waals surface area contributed by atoms with Crippen molar-refractivity contribution in [3.8, 4) is 11.5 Å². The highest BCUT2D eigenvalue weighted by atomic mass is 19.1. The second-order valence-corrected chi connectivity index (χ2v) is 5.45. The Morgan fingerprint density at radius 1 is 1.12 bits per heavy atom. The molecule has 2 aromatic rings. The Kier molecular flexibility index (Phi) is 4.79. The fourth-order valence-electron chi connectivity index (χ4n) is 2.48. The molecule has 0 fully saturated rings. The number of aliphatic imine (C=N–C) groups is 1. The number of amides is 1. The van der Waals surface area contributed by atoms with Gasteiger partial charge in [0.15, 0.2) is 0 Å². The number of amidine groups is 1. The molecule has 0 unspecified atom stereocenters. The van der Waals surface area contributed by atoms with Gasteiger partial charge in [-0.15, -0.1) is 0 Å². The quantitative estimate of drug-likeness (QED) is 0.852. The minimum Gasteiger partial charge on any atom is -0.497 e. The molecule has 6 heteroatoms. The first kappa shape index (κ1) is 16.7. The van der Waals surface area contributed by atoms with Crippen LogP contribution in [0.4, 0.5) is 4.39 Å². The SMILES string of the molecule is COc1ccc(/C=C2/N=C(Cc3ccc(F)cc3)NC2=O)c(OC)c1. The van der Waals surface area contributed by atoms with Crippen molar-refractivity contribution in [2.45, 2.75) is 6.42 Å². The number of nitrogens with one attached hydrogen (secondary N) is 1. The van der Waals surface area contributed by atoms with E-state index in [4.69, 9.17) is 9.47 Å². The molecule has 0 saturated heterocycles. The van der Waals surface area contributed by atoms with Crippen LogP contribution in [0.5, 0.6) is 11.5 Å². The van der Waals surface area contributed by atoms with Gasteiger partial charge in [-0.2, -0.15) is 0 Å². The molecule has 1 aliphatic rings. The first-order valence-corrected chi connectivity index (χ1v) is 7.66. The van der Waals surface area contributed by atoms with Gasteiger partial charge in [0.25, 0.3) is 5.91 Å². The molecular formula is C19H17FN2O3. The van der Waals surface area contributed by atoms with Crippen LogP contribution in [0.3, 0.4) is 0 Å². The normalized spacial score (nSPS) is 15.1. The molecule has 0 atom stereocenters. The summed E-state index contributed by atoms with van der Waals surface area (Å²) in [5, 5.41) is 2.73. The van der Waals surface area contributed by atoms with Crippen molar-refractivity contribution < 1.29 is 18.7 Å². The van der Waals surface area contributed by atoms with Gasteiger partial charge in [0.1, 0.15) is 28.8 Å². The Morgan fingerprint density at radius 2 is 1.88 bits per heavy atom. The average molecular weight is 340 g/mol. The van der Waals surface area contributed by atoms with Crippen molar-refractivity contribution in [1.82, 2.24) is 5.32 Å². The Labute approximate surface area is 144 Å². The number of hydrogen-bond acceptors (Lipinski definition) is 4. The molecule has 3 rings (SSSR count). The van der Waals surface area contributed by atoms with E-state index in [-0.39, 0.29) is 11.7 Å². The standard InChI is InChI=1S/C19H17FN2O3/c1-24-15-8-5-13(17(11-15)25-2)10-16-19(23)22-18(21-16)9-12-3-6-14(20)7-4-12/h3-8,10-11H,9H2,1-2H3,(H,21,22,23)/b16-10+. The lowest BCUT2D eigenvalue weighted by Crippen LogP contribution is -2.25. The number of nitrogens with zero attached hydrogens (tertiary/aromatic N) is 1. The summed E-state index contributed by atoms with van der Waals surface area (Å²) in [6, 6.07) is 11.4. The molecule has 1 amide bonds. The topological polar surface area (TPSA) is 59.9 Å². The van der Waals surface area contributed by atoms with Gasteiger partial charge in [-0.05, 0) is 35.9 Å². The van der Waals surface area contributed by atoms with Crippen LogP contribution in [0, 0.1) is 5.82 Å². The van der Waals surface area contributed by atoms with Crippen LogP contribution in [0.1, 0.15) is 11.1 Å². The summed E-state index contributed by atoms with van der Waals surface area (Å²) >= 11 is 0. The number of carbonyl (C=O) groups excluding carboxylic acids is 1. The van der Waals surface area contributed by atoms with Crippen molar-refractivity contribution in [2.75, 3.05) is 14.2 Å². The molecule has 0 saturated carbocycles. The largest absolute Gasteiger partial charge is 0.497 e. The average Bonchev–Trinajstić information content (AvgIpc) is 2.96. The second kappa shape index (κ2) is 7.17. The smallest absolute Gasteiger partial charge is 0.275 e. The monoisotopic (exact) mass is 340 g/mol. The van der Waals surface area contributed by atoms with Crippen LogP contribution in [0.2, 0.25) is 0 Å². The fourth-order valence-corrected chi connectivity index (χ4v) is 2.48. The van der Waals surface area contributed by atoms with E-state index in [1.807, 2.05) is 0 Å². The zero-order valence-electron chi connectivity index (χ0n) is 13.9. The van der Waals surface area contributed by atoms with E-state index in [0.717, 1.165) is 11.1 Å². The summed E-state index contributed by atoms with van der Waals surface area (Å²) in [5.41, 5.74) is 1.88. The molecule has 2 aromatic carbocycles. The van der Waals surface area contributed by atoms with Crippen LogP contribution in [0.25, 0.3) is 6.08 Å². The summed E-state index contributed by atoms with van der Waals surface area (Å²) in [7, 11) is 3.12. The highest BCUT2D eigenvalue weighted by Crippen LogP contribution is 2.27. The highest BCUT2D eigenvalue weighted by Gasteiger charge is 2.20. The predicted octanol–water partition coefficient (Wildman–Crippen LogP) is 2.95. The molecule has 0 radical (unpaired) electrons. The third kappa shape index (κ3) is 3.85. The van der Waals surface area contributed by atoms with Crippen LogP contribution in [0.15, 0.2) is 53.2 Å². The number of ether oxygens (including phenoxy) is 2. The maximum absolute atomic E-state index is 13.0. The Bertz CT molecular complexity index is 857. The predicted molar refractivity (Wildman–Crippen MR) is 93.2 cm³/mol. The van der Waals surface area contributed by atoms with Crippen molar-refractivity contribution in [3.63, 3.8) is 0 Å². The van der Waals surface area contributed by atoms with Gasteiger partial charge in [-0.25, -0.2) is 9.38 Å². The van der Waals surface area contributed by atoms with Crippen molar-refractivity contribution in [3.05, 3.63) is 65.1 Å². The first-order valence-electron chi connectivity index (χ1n) is 7.66. The fraction of sp³-hybridized carbons (Fsp3) is 0.158. The summed E-state index contributed by atoms with van der Waals surface area (Å²) in [5.74, 6) is 1.19.